The Bertz CT molecular complexity index is 675. The van der Waals surface area contributed by atoms with Gasteiger partial charge in [0.25, 0.3) is 0 Å². The Kier molecular flexibility index (Phi) is 6.60. The molecule has 0 bridgehead atoms. The maximum atomic E-state index is 11.6. The molecule has 186 valence electrons. The maximum Gasteiger partial charge on any atom is 0.0616 e. The second-order valence-electron chi connectivity index (χ2n) is 13.4. The number of rotatable bonds is 5. The summed E-state index contributed by atoms with van der Waals surface area (Å²) in [5, 5.41) is 53.9. The van der Waals surface area contributed by atoms with Gasteiger partial charge >= 0.3 is 0 Å². The summed E-state index contributed by atoms with van der Waals surface area (Å²) in [4.78, 5) is 0. The van der Waals surface area contributed by atoms with E-state index in [1.54, 1.807) is 13.8 Å². The van der Waals surface area contributed by atoms with E-state index in [9.17, 15) is 25.5 Å². The van der Waals surface area contributed by atoms with Gasteiger partial charge in [-0.15, -0.1) is 0 Å². The van der Waals surface area contributed by atoms with E-state index in [1.807, 2.05) is 0 Å². The first kappa shape index (κ1) is 24.9. The summed E-state index contributed by atoms with van der Waals surface area (Å²) in [6, 6.07) is 0. The predicted molar refractivity (Wildman–Crippen MR) is 125 cm³/mol. The van der Waals surface area contributed by atoms with Crippen LogP contribution in [-0.4, -0.2) is 55.5 Å². The molecule has 4 aliphatic rings. The molecule has 0 heterocycles. The minimum Gasteiger partial charge on any atom is -0.393 e. The van der Waals surface area contributed by atoms with Gasteiger partial charge in [-0.1, -0.05) is 20.8 Å². The van der Waals surface area contributed by atoms with Crippen molar-refractivity contribution in [2.24, 2.45) is 46.3 Å². The van der Waals surface area contributed by atoms with Gasteiger partial charge in [-0.05, 0) is 112 Å². The van der Waals surface area contributed by atoms with E-state index in [0.29, 0.717) is 36.5 Å². The molecular weight excluding hydrogens is 404 g/mol. The minimum atomic E-state index is -0.884. The van der Waals surface area contributed by atoms with Crippen LogP contribution in [0.5, 0.6) is 0 Å². The Morgan fingerprint density at radius 1 is 0.969 bits per heavy atom. The molecule has 5 nitrogen and oxygen atoms in total. The molecule has 12 atom stereocenters. The monoisotopic (exact) mass is 452 g/mol. The SMILES string of the molecule is C[C@@H](CC(O)CC(C)(C)O)[C@H]1CC[C@H]2[C@@H]3[C@H](O)C[C@H]4C[C@H](O)CC[C@]4(C)[C@H]3C[C@H](O)[C@]12C. The van der Waals surface area contributed by atoms with Crippen molar-refractivity contribution in [1.29, 1.82) is 0 Å². The third-order valence-electron chi connectivity index (χ3n) is 10.9. The zero-order valence-electron chi connectivity index (χ0n) is 20.9. The molecular formula is C27H48O5. The van der Waals surface area contributed by atoms with Crippen molar-refractivity contribution in [3.63, 3.8) is 0 Å². The van der Waals surface area contributed by atoms with Crippen LogP contribution in [0.15, 0.2) is 0 Å². The lowest BCUT2D eigenvalue weighted by Crippen LogP contribution is -2.62. The van der Waals surface area contributed by atoms with Crippen molar-refractivity contribution < 1.29 is 25.5 Å². The minimum absolute atomic E-state index is 0.0953. The molecule has 4 fully saturated rings. The summed E-state index contributed by atoms with van der Waals surface area (Å²) in [6.07, 6.45) is 5.66. The molecule has 5 heteroatoms. The van der Waals surface area contributed by atoms with Crippen LogP contribution in [0, 0.1) is 46.3 Å². The molecule has 4 saturated carbocycles. The Morgan fingerprint density at radius 2 is 1.66 bits per heavy atom. The van der Waals surface area contributed by atoms with Crippen LogP contribution in [-0.2, 0) is 0 Å². The molecule has 0 spiro atoms. The van der Waals surface area contributed by atoms with Gasteiger partial charge < -0.3 is 25.5 Å². The van der Waals surface area contributed by atoms with Crippen molar-refractivity contribution in [2.75, 3.05) is 0 Å². The summed E-state index contributed by atoms with van der Waals surface area (Å²) in [6.45, 7) is 10.3. The largest absolute Gasteiger partial charge is 0.393 e. The summed E-state index contributed by atoms with van der Waals surface area (Å²) < 4.78 is 0. The highest BCUT2D eigenvalue weighted by Crippen LogP contribution is 2.68. The summed E-state index contributed by atoms with van der Waals surface area (Å²) in [7, 11) is 0. The van der Waals surface area contributed by atoms with E-state index in [4.69, 9.17) is 0 Å². The number of fused-ring (bicyclic) bond motifs is 5. The van der Waals surface area contributed by atoms with Gasteiger partial charge in [0.1, 0.15) is 0 Å². The molecule has 0 aliphatic heterocycles. The van der Waals surface area contributed by atoms with Crippen molar-refractivity contribution in [1.82, 2.24) is 0 Å². The zero-order chi connectivity index (χ0) is 23.6. The molecule has 0 aromatic carbocycles. The number of aliphatic hydroxyl groups is 5. The lowest BCUT2D eigenvalue weighted by molar-refractivity contribution is -0.207. The Morgan fingerprint density at radius 3 is 2.31 bits per heavy atom. The number of hydrogen-bond acceptors (Lipinski definition) is 5. The van der Waals surface area contributed by atoms with E-state index in [0.717, 1.165) is 44.9 Å². The first-order valence-electron chi connectivity index (χ1n) is 13.2. The highest BCUT2D eigenvalue weighted by molar-refractivity contribution is 5.14. The normalized spacial score (nSPS) is 50.8. The summed E-state index contributed by atoms with van der Waals surface area (Å²) >= 11 is 0. The van der Waals surface area contributed by atoms with Crippen LogP contribution in [0.3, 0.4) is 0 Å². The molecule has 32 heavy (non-hydrogen) atoms. The Labute approximate surface area is 194 Å². The van der Waals surface area contributed by atoms with Crippen LogP contribution in [0.25, 0.3) is 0 Å². The van der Waals surface area contributed by atoms with Crippen LogP contribution in [0.2, 0.25) is 0 Å². The molecule has 1 unspecified atom stereocenters. The second-order valence-corrected chi connectivity index (χ2v) is 13.4. The van der Waals surface area contributed by atoms with Crippen LogP contribution >= 0.6 is 0 Å². The predicted octanol–water partition coefficient (Wildman–Crippen LogP) is 3.50. The van der Waals surface area contributed by atoms with Gasteiger partial charge in [-0.3, -0.25) is 0 Å². The van der Waals surface area contributed by atoms with Gasteiger partial charge in [0.15, 0.2) is 0 Å². The van der Waals surface area contributed by atoms with E-state index >= 15 is 0 Å². The van der Waals surface area contributed by atoms with Crippen LogP contribution in [0.1, 0.15) is 92.4 Å². The smallest absolute Gasteiger partial charge is 0.0616 e. The van der Waals surface area contributed by atoms with Gasteiger partial charge in [0.2, 0.25) is 0 Å². The molecule has 0 saturated heterocycles. The quantitative estimate of drug-likeness (QED) is 0.440. The van der Waals surface area contributed by atoms with Crippen molar-refractivity contribution in [3.8, 4) is 0 Å². The third-order valence-corrected chi connectivity index (χ3v) is 10.9. The van der Waals surface area contributed by atoms with Crippen LogP contribution in [0.4, 0.5) is 0 Å². The van der Waals surface area contributed by atoms with Gasteiger partial charge in [-0.2, -0.15) is 0 Å². The molecule has 4 aliphatic carbocycles. The highest BCUT2D eigenvalue weighted by Gasteiger charge is 2.65. The zero-order valence-corrected chi connectivity index (χ0v) is 20.9. The number of hydrogen-bond donors (Lipinski definition) is 5. The lowest BCUT2D eigenvalue weighted by atomic mass is 9.43. The molecule has 0 amide bonds. The highest BCUT2D eigenvalue weighted by atomic mass is 16.3. The lowest BCUT2D eigenvalue weighted by Gasteiger charge is -2.63. The topological polar surface area (TPSA) is 101 Å². The first-order chi connectivity index (χ1) is 14.8. The van der Waals surface area contributed by atoms with Gasteiger partial charge in [0, 0.05) is 6.42 Å². The summed E-state index contributed by atoms with van der Waals surface area (Å²) in [5.41, 5.74) is -1.03. The standard InChI is InChI=1S/C27H48O5/c1-15(10-18(29)14-25(2,3)32)19-6-7-20-24-21(13-23(31)27(19,20)5)26(4)9-8-17(28)11-16(26)12-22(24)30/h15-24,28-32H,6-14H2,1-5H3/t15-,16+,17+,18?,19+,20-,21-,22+,23-,24-,26-,27+/m0/s1. The van der Waals surface area contributed by atoms with E-state index < -0.39 is 17.8 Å². The molecule has 0 aromatic heterocycles. The Hall–Kier alpha value is -0.200. The summed E-state index contributed by atoms with van der Waals surface area (Å²) in [5.74, 6) is 1.74. The fourth-order valence-corrected chi connectivity index (χ4v) is 9.39. The van der Waals surface area contributed by atoms with Crippen molar-refractivity contribution >= 4 is 0 Å². The second kappa shape index (κ2) is 8.48. The molecule has 5 N–H and O–H groups in total. The van der Waals surface area contributed by atoms with Crippen molar-refractivity contribution in [2.45, 2.75) is 122 Å². The van der Waals surface area contributed by atoms with Crippen LogP contribution < -0.4 is 0 Å². The van der Waals surface area contributed by atoms with E-state index in [-0.39, 0.29) is 34.9 Å². The van der Waals surface area contributed by atoms with Gasteiger partial charge in [0.05, 0.1) is 30.0 Å². The third kappa shape index (κ3) is 4.08. The fraction of sp³-hybridized carbons (Fsp3) is 1.00. The number of aliphatic hydroxyl groups excluding tert-OH is 4. The average molecular weight is 453 g/mol. The molecule has 4 rings (SSSR count). The Balaban J connectivity index is 1.55. The van der Waals surface area contributed by atoms with E-state index in [2.05, 4.69) is 20.8 Å². The van der Waals surface area contributed by atoms with E-state index in [1.165, 1.54) is 0 Å². The first-order valence-corrected chi connectivity index (χ1v) is 13.2. The average Bonchev–Trinajstić information content (AvgIpc) is 3.01. The molecule has 0 aromatic rings. The fourth-order valence-electron chi connectivity index (χ4n) is 9.39. The maximum absolute atomic E-state index is 11.6. The van der Waals surface area contributed by atoms with Gasteiger partial charge in [-0.25, -0.2) is 0 Å². The molecule has 0 radical (unpaired) electrons. The van der Waals surface area contributed by atoms with Crippen molar-refractivity contribution in [3.05, 3.63) is 0 Å².